The van der Waals surface area contributed by atoms with Gasteiger partial charge in [0.25, 0.3) is 5.17 Å². The van der Waals surface area contributed by atoms with E-state index in [4.69, 9.17) is 21.7 Å². The van der Waals surface area contributed by atoms with Crippen molar-refractivity contribution in [1.82, 2.24) is 9.80 Å². The lowest BCUT2D eigenvalue weighted by molar-refractivity contribution is -0.138. The van der Waals surface area contributed by atoms with Crippen LogP contribution in [0.15, 0.2) is 23.7 Å². The number of ether oxygens (including phenoxy) is 2. The van der Waals surface area contributed by atoms with Gasteiger partial charge in [-0.1, -0.05) is 0 Å². The first-order valence-electron chi connectivity index (χ1n) is 5.63. The van der Waals surface area contributed by atoms with E-state index in [1.807, 2.05) is 7.05 Å². The van der Waals surface area contributed by atoms with E-state index in [2.05, 4.69) is 0 Å². The zero-order valence-electron chi connectivity index (χ0n) is 11.1. The van der Waals surface area contributed by atoms with Gasteiger partial charge in [0.05, 0.1) is 12.2 Å². The molecule has 0 saturated heterocycles. The lowest BCUT2D eigenvalue weighted by Crippen LogP contribution is -2.25. The van der Waals surface area contributed by atoms with Gasteiger partial charge in [0, 0.05) is 40.0 Å². The molecule has 0 saturated carbocycles. The van der Waals surface area contributed by atoms with Crippen LogP contribution in [0.2, 0.25) is 0 Å². The Morgan fingerprint density at radius 2 is 2.17 bits per heavy atom. The van der Waals surface area contributed by atoms with Gasteiger partial charge in [0.1, 0.15) is 5.76 Å². The quantitative estimate of drug-likeness (QED) is 0.571. The predicted octanol–water partition coefficient (Wildman–Crippen LogP) is 1.47. The summed E-state index contributed by atoms with van der Waals surface area (Å²) in [6.45, 7) is 2.13. The monoisotopic (exact) mass is 270 g/mol. The number of hydrogen-bond donors (Lipinski definition) is 0. The summed E-state index contributed by atoms with van der Waals surface area (Å²) in [5.74, 6) is 0.302. The van der Waals surface area contributed by atoms with Crippen molar-refractivity contribution in [1.29, 1.82) is 0 Å². The smallest absolute Gasteiger partial charge is 0.335 e. The maximum absolute atomic E-state index is 11.7. The van der Waals surface area contributed by atoms with Crippen molar-refractivity contribution in [3.8, 4) is 0 Å². The molecule has 0 aliphatic carbocycles. The highest BCUT2D eigenvalue weighted by Crippen LogP contribution is 2.20. The second kappa shape index (κ2) is 6.39. The zero-order chi connectivity index (χ0) is 13.7. The molecule has 100 valence electrons. The number of carbonyl (C=O) groups excluding carboxylic acids is 1. The SMILES string of the molecule is CCOC(=O)C1=CN(C)C=C(OC(=S)N(C)C)C1. The Labute approximate surface area is 113 Å². The molecule has 0 atom stereocenters. The van der Waals surface area contributed by atoms with Crippen molar-refractivity contribution < 1.29 is 14.3 Å². The summed E-state index contributed by atoms with van der Waals surface area (Å²) in [7, 11) is 5.43. The number of carbonyl (C=O) groups is 1. The van der Waals surface area contributed by atoms with Gasteiger partial charge in [-0.25, -0.2) is 4.79 Å². The first kappa shape index (κ1) is 14.5. The van der Waals surface area contributed by atoms with Gasteiger partial charge in [0.2, 0.25) is 0 Å². The van der Waals surface area contributed by atoms with Crippen LogP contribution in [0.1, 0.15) is 13.3 Å². The number of esters is 1. The van der Waals surface area contributed by atoms with Gasteiger partial charge < -0.3 is 19.3 Å². The molecule has 6 heteroatoms. The first-order valence-corrected chi connectivity index (χ1v) is 6.04. The second-order valence-electron chi connectivity index (χ2n) is 4.07. The van der Waals surface area contributed by atoms with Crippen LogP contribution in [0.25, 0.3) is 0 Å². The molecular formula is C12H18N2O3S. The van der Waals surface area contributed by atoms with Crippen LogP contribution in [0.5, 0.6) is 0 Å². The third-order valence-electron chi connectivity index (χ3n) is 2.19. The summed E-state index contributed by atoms with van der Waals surface area (Å²) < 4.78 is 10.5. The van der Waals surface area contributed by atoms with Crippen LogP contribution < -0.4 is 0 Å². The lowest BCUT2D eigenvalue weighted by atomic mass is 10.1. The zero-order valence-corrected chi connectivity index (χ0v) is 11.9. The van der Waals surface area contributed by atoms with Gasteiger partial charge in [-0.05, 0) is 19.1 Å². The normalized spacial score (nSPS) is 14.6. The van der Waals surface area contributed by atoms with Crippen molar-refractivity contribution in [2.45, 2.75) is 13.3 Å². The van der Waals surface area contributed by atoms with E-state index < -0.39 is 0 Å². The van der Waals surface area contributed by atoms with Crippen LogP contribution in [-0.2, 0) is 14.3 Å². The largest absolute Gasteiger partial charge is 0.463 e. The summed E-state index contributed by atoms with van der Waals surface area (Å²) in [6, 6.07) is 0. The van der Waals surface area contributed by atoms with Gasteiger partial charge >= 0.3 is 5.97 Å². The van der Waals surface area contributed by atoms with Crippen molar-refractivity contribution in [3.05, 3.63) is 23.7 Å². The molecule has 0 N–H and O–H groups in total. The van der Waals surface area contributed by atoms with Crippen LogP contribution in [-0.4, -0.2) is 48.7 Å². The van der Waals surface area contributed by atoms with Crippen molar-refractivity contribution >= 4 is 23.4 Å². The third-order valence-corrected chi connectivity index (χ3v) is 2.64. The van der Waals surface area contributed by atoms with E-state index in [1.165, 1.54) is 0 Å². The highest BCUT2D eigenvalue weighted by atomic mass is 32.1. The molecule has 0 radical (unpaired) electrons. The topological polar surface area (TPSA) is 42.0 Å². The summed E-state index contributed by atoms with van der Waals surface area (Å²) in [6.07, 6.45) is 3.90. The van der Waals surface area contributed by atoms with Crippen molar-refractivity contribution in [3.63, 3.8) is 0 Å². The van der Waals surface area contributed by atoms with E-state index in [-0.39, 0.29) is 5.97 Å². The lowest BCUT2D eigenvalue weighted by Gasteiger charge is -2.22. The van der Waals surface area contributed by atoms with E-state index in [1.54, 1.807) is 43.2 Å². The molecule has 5 nitrogen and oxygen atoms in total. The maximum Gasteiger partial charge on any atom is 0.335 e. The minimum atomic E-state index is -0.325. The van der Waals surface area contributed by atoms with Gasteiger partial charge in [0.15, 0.2) is 0 Å². The summed E-state index contributed by atoms with van der Waals surface area (Å²) in [4.78, 5) is 15.1. The molecule has 0 fully saturated rings. The summed E-state index contributed by atoms with van der Waals surface area (Å²) >= 11 is 5.06. The first-order chi connectivity index (χ1) is 8.43. The number of hydrogen-bond acceptors (Lipinski definition) is 5. The molecule has 0 amide bonds. The summed E-state index contributed by atoms with van der Waals surface area (Å²) in [5, 5.41) is 0.361. The Hall–Kier alpha value is -1.56. The Morgan fingerprint density at radius 1 is 1.50 bits per heavy atom. The average molecular weight is 270 g/mol. The van der Waals surface area contributed by atoms with Crippen molar-refractivity contribution in [2.24, 2.45) is 0 Å². The molecule has 1 aliphatic heterocycles. The molecule has 0 aromatic heterocycles. The summed E-state index contributed by atoms with van der Waals surface area (Å²) in [5.41, 5.74) is 0.554. The molecule has 0 unspecified atom stereocenters. The molecule has 0 spiro atoms. The van der Waals surface area contributed by atoms with Crippen LogP contribution >= 0.6 is 12.2 Å². The van der Waals surface area contributed by atoms with Crippen molar-refractivity contribution in [2.75, 3.05) is 27.7 Å². The molecule has 1 aliphatic rings. The third kappa shape index (κ3) is 4.03. The van der Waals surface area contributed by atoms with Crippen LogP contribution in [0.4, 0.5) is 0 Å². The van der Waals surface area contributed by atoms with Gasteiger partial charge in [-0.3, -0.25) is 0 Å². The minimum Gasteiger partial charge on any atom is -0.463 e. The number of rotatable bonds is 3. The Balaban J connectivity index is 2.69. The Bertz CT molecular complexity index is 402. The van der Waals surface area contributed by atoms with Crippen LogP contribution in [0, 0.1) is 0 Å². The molecule has 0 bridgehead atoms. The van der Waals surface area contributed by atoms with E-state index >= 15 is 0 Å². The molecule has 0 aromatic carbocycles. The minimum absolute atomic E-state index is 0.325. The molecule has 1 heterocycles. The van der Waals surface area contributed by atoms with E-state index in [0.29, 0.717) is 29.5 Å². The standard InChI is InChI=1S/C12H18N2O3S/c1-5-16-11(15)9-6-10(8-14(4)7-9)17-12(18)13(2)3/h7-8H,5-6H2,1-4H3. The van der Waals surface area contributed by atoms with E-state index in [9.17, 15) is 4.79 Å². The van der Waals surface area contributed by atoms with Gasteiger partial charge in [-0.15, -0.1) is 0 Å². The van der Waals surface area contributed by atoms with E-state index in [0.717, 1.165) is 0 Å². The molecular weight excluding hydrogens is 252 g/mol. The number of allylic oxidation sites excluding steroid dienone is 1. The van der Waals surface area contributed by atoms with Crippen LogP contribution in [0.3, 0.4) is 0 Å². The fourth-order valence-electron chi connectivity index (χ4n) is 1.40. The second-order valence-corrected chi connectivity index (χ2v) is 4.42. The molecule has 1 rings (SSSR count). The predicted molar refractivity (Wildman–Crippen MR) is 72.5 cm³/mol. The fraction of sp³-hybridized carbons (Fsp3) is 0.500. The molecule has 18 heavy (non-hydrogen) atoms. The maximum atomic E-state index is 11.7. The fourth-order valence-corrected chi connectivity index (χ4v) is 1.51. The Kier molecular flexibility index (Phi) is 5.15. The average Bonchev–Trinajstić information content (AvgIpc) is 2.28. The Morgan fingerprint density at radius 3 is 2.72 bits per heavy atom. The highest BCUT2D eigenvalue weighted by Gasteiger charge is 2.19. The highest BCUT2D eigenvalue weighted by molar-refractivity contribution is 7.80. The number of nitrogens with zero attached hydrogens (tertiary/aromatic N) is 2. The van der Waals surface area contributed by atoms with Gasteiger partial charge in [-0.2, -0.15) is 0 Å². The number of thiocarbonyl (C=S) groups is 1. The molecule has 0 aromatic rings.